The zero-order chi connectivity index (χ0) is 13.5. The van der Waals surface area contributed by atoms with Crippen molar-refractivity contribution in [2.24, 2.45) is 5.92 Å². The van der Waals surface area contributed by atoms with Crippen LogP contribution in [0.3, 0.4) is 0 Å². The highest BCUT2D eigenvalue weighted by molar-refractivity contribution is 5.92. The largest absolute Gasteiger partial charge is 0.380 e. The van der Waals surface area contributed by atoms with Crippen LogP contribution >= 0.6 is 0 Å². The maximum Gasteiger partial charge on any atom is 0.244 e. The molecule has 3 aliphatic rings. The molecule has 1 aliphatic heterocycles. The number of carbonyl (C=O) groups excluding carboxylic acids is 1. The van der Waals surface area contributed by atoms with Crippen molar-refractivity contribution in [3.05, 3.63) is 0 Å². The van der Waals surface area contributed by atoms with Gasteiger partial charge in [-0.05, 0) is 45.4 Å². The first-order valence-corrected chi connectivity index (χ1v) is 7.86. The number of hydrogen-bond acceptors (Lipinski definition) is 3. The fourth-order valence-corrected chi connectivity index (χ4v) is 3.73. The summed E-state index contributed by atoms with van der Waals surface area (Å²) in [7, 11) is 0. The van der Waals surface area contributed by atoms with E-state index in [1.54, 1.807) is 0 Å². The Hall–Kier alpha value is -0.610. The summed E-state index contributed by atoms with van der Waals surface area (Å²) in [5.41, 5.74) is -0.187. The average Bonchev–Trinajstić information content (AvgIpc) is 2.87. The quantitative estimate of drug-likeness (QED) is 0.826. The Balaban J connectivity index is 1.74. The molecule has 3 rings (SSSR count). The van der Waals surface area contributed by atoms with Gasteiger partial charge in [0, 0.05) is 6.61 Å². The van der Waals surface area contributed by atoms with E-state index in [-0.39, 0.29) is 17.7 Å². The molecular weight excluding hydrogens is 240 g/mol. The molecule has 2 saturated carbocycles. The molecule has 0 aromatic heterocycles. The summed E-state index contributed by atoms with van der Waals surface area (Å²) >= 11 is 0. The van der Waals surface area contributed by atoms with E-state index < -0.39 is 0 Å². The number of rotatable bonds is 5. The van der Waals surface area contributed by atoms with E-state index >= 15 is 0 Å². The molecule has 1 saturated heterocycles. The standard InChI is InChI=1S/C15H26N2O2/c1-3-19-10-11(2)17-13(12-6-4-5-7-12)16-15(8-9-15)14(17)18/h11-13,16H,3-10H2,1-2H3. The Morgan fingerprint density at radius 2 is 2.11 bits per heavy atom. The second-order valence-corrected chi connectivity index (χ2v) is 6.44. The van der Waals surface area contributed by atoms with Crippen LogP contribution in [0.4, 0.5) is 0 Å². The van der Waals surface area contributed by atoms with Gasteiger partial charge in [-0.3, -0.25) is 10.1 Å². The third kappa shape index (κ3) is 2.29. The predicted octanol–water partition coefficient (Wildman–Crippen LogP) is 1.89. The molecule has 0 radical (unpaired) electrons. The molecule has 0 bridgehead atoms. The third-order valence-electron chi connectivity index (χ3n) is 5.00. The summed E-state index contributed by atoms with van der Waals surface area (Å²) in [6.45, 7) is 5.51. The summed E-state index contributed by atoms with van der Waals surface area (Å²) in [6, 6.07) is 0.186. The van der Waals surface area contributed by atoms with Crippen molar-refractivity contribution in [1.82, 2.24) is 10.2 Å². The maximum atomic E-state index is 12.7. The number of amides is 1. The van der Waals surface area contributed by atoms with E-state index in [0.29, 0.717) is 18.4 Å². The Kier molecular flexibility index (Phi) is 3.56. The maximum absolute atomic E-state index is 12.7. The van der Waals surface area contributed by atoms with Crippen molar-refractivity contribution in [2.45, 2.75) is 70.1 Å². The lowest BCUT2D eigenvalue weighted by Gasteiger charge is -2.33. The molecule has 4 heteroatoms. The summed E-state index contributed by atoms with van der Waals surface area (Å²) in [5.74, 6) is 0.976. The van der Waals surface area contributed by atoms with Gasteiger partial charge in [0.2, 0.25) is 5.91 Å². The van der Waals surface area contributed by atoms with Crippen LogP contribution < -0.4 is 5.32 Å². The van der Waals surface area contributed by atoms with Crippen LogP contribution in [-0.2, 0) is 9.53 Å². The average molecular weight is 266 g/mol. The molecule has 108 valence electrons. The number of hydrogen-bond donors (Lipinski definition) is 1. The van der Waals surface area contributed by atoms with E-state index in [1.165, 1.54) is 25.7 Å². The van der Waals surface area contributed by atoms with Gasteiger partial charge in [-0.15, -0.1) is 0 Å². The third-order valence-corrected chi connectivity index (χ3v) is 5.00. The van der Waals surface area contributed by atoms with Crippen LogP contribution in [0.25, 0.3) is 0 Å². The molecule has 2 atom stereocenters. The molecule has 0 aromatic carbocycles. The Morgan fingerprint density at radius 3 is 2.68 bits per heavy atom. The lowest BCUT2D eigenvalue weighted by Crippen LogP contribution is -2.48. The van der Waals surface area contributed by atoms with Crippen molar-refractivity contribution in [2.75, 3.05) is 13.2 Å². The number of ether oxygens (including phenoxy) is 1. The Bertz CT molecular complexity index is 348. The van der Waals surface area contributed by atoms with Gasteiger partial charge < -0.3 is 9.64 Å². The molecule has 19 heavy (non-hydrogen) atoms. The van der Waals surface area contributed by atoms with Gasteiger partial charge in [0.25, 0.3) is 0 Å². The van der Waals surface area contributed by atoms with E-state index in [4.69, 9.17) is 4.74 Å². The first kappa shape index (κ1) is 13.4. The highest BCUT2D eigenvalue weighted by atomic mass is 16.5. The monoisotopic (exact) mass is 266 g/mol. The smallest absolute Gasteiger partial charge is 0.244 e. The molecule has 1 amide bonds. The molecule has 4 nitrogen and oxygen atoms in total. The zero-order valence-electron chi connectivity index (χ0n) is 12.2. The number of nitrogens with zero attached hydrogens (tertiary/aromatic N) is 1. The molecule has 2 aliphatic carbocycles. The van der Waals surface area contributed by atoms with Crippen LogP contribution in [-0.4, -0.2) is 41.8 Å². The van der Waals surface area contributed by atoms with Crippen LogP contribution in [0.2, 0.25) is 0 Å². The van der Waals surface area contributed by atoms with E-state index in [1.807, 2.05) is 6.92 Å². The second kappa shape index (κ2) is 5.06. The molecule has 1 N–H and O–H groups in total. The summed E-state index contributed by atoms with van der Waals surface area (Å²) in [4.78, 5) is 14.8. The normalized spacial score (nSPS) is 31.4. The molecule has 1 heterocycles. The van der Waals surface area contributed by atoms with Gasteiger partial charge in [-0.1, -0.05) is 12.8 Å². The van der Waals surface area contributed by atoms with Crippen molar-refractivity contribution in [1.29, 1.82) is 0 Å². The van der Waals surface area contributed by atoms with Gasteiger partial charge in [-0.2, -0.15) is 0 Å². The number of nitrogens with one attached hydrogen (secondary N) is 1. The Morgan fingerprint density at radius 1 is 1.42 bits per heavy atom. The molecule has 3 fully saturated rings. The van der Waals surface area contributed by atoms with Gasteiger partial charge in [0.05, 0.1) is 24.4 Å². The minimum Gasteiger partial charge on any atom is -0.380 e. The highest BCUT2D eigenvalue weighted by Gasteiger charge is 2.61. The first-order chi connectivity index (χ1) is 9.18. The lowest BCUT2D eigenvalue weighted by molar-refractivity contribution is -0.134. The van der Waals surface area contributed by atoms with Crippen LogP contribution in [0.5, 0.6) is 0 Å². The van der Waals surface area contributed by atoms with E-state index in [2.05, 4.69) is 17.1 Å². The Labute approximate surface area is 115 Å². The zero-order valence-corrected chi connectivity index (χ0v) is 12.2. The van der Waals surface area contributed by atoms with Crippen molar-refractivity contribution in [3.63, 3.8) is 0 Å². The topological polar surface area (TPSA) is 41.6 Å². The van der Waals surface area contributed by atoms with Gasteiger partial charge in [-0.25, -0.2) is 0 Å². The molecule has 0 aromatic rings. The van der Waals surface area contributed by atoms with Gasteiger partial charge >= 0.3 is 0 Å². The highest BCUT2D eigenvalue weighted by Crippen LogP contribution is 2.46. The summed E-state index contributed by atoms with van der Waals surface area (Å²) < 4.78 is 5.53. The van der Waals surface area contributed by atoms with Gasteiger partial charge in [0.15, 0.2) is 0 Å². The van der Waals surface area contributed by atoms with Crippen molar-refractivity contribution < 1.29 is 9.53 Å². The summed E-state index contributed by atoms with van der Waals surface area (Å²) in [6.07, 6.45) is 7.46. The van der Waals surface area contributed by atoms with E-state index in [9.17, 15) is 4.79 Å². The minimum absolute atomic E-state index is 0.186. The fourth-order valence-electron chi connectivity index (χ4n) is 3.73. The molecule has 2 unspecified atom stereocenters. The minimum atomic E-state index is -0.187. The van der Waals surface area contributed by atoms with Crippen LogP contribution in [0, 0.1) is 5.92 Å². The second-order valence-electron chi connectivity index (χ2n) is 6.44. The fraction of sp³-hybridized carbons (Fsp3) is 0.933. The summed E-state index contributed by atoms with van der Waals surface area (Å²) in [5, 5.41) is 3.66. The van der Waals surface area contributed by atoms with Crippen molar-refractivity contribution in [3.8, 4) is 0 Å². The molecule has 1 spiro atoms. The van der Waals surface area contributed by atoms with Gasteiger partial charge in [0.1, 0.15) is 0 Å². The van der Waals surface area contributed by atoms with Crippen LogP contribution in [0.15, 0.2) is 0 Å². The predicted molar refractivity (Wildman–Crippen MR) is 73.6 cm³/mol. The van der Waals surface area contributed by atoms with E-state index in [0.717, 1.165) is 19.4 Å². The lowest BCUT2D eigenvalue weighted by atomic mass is 10.0. The first-order valence-electron chi connectivity index (χ1n) is 7.86. The number of carbonyl (C=O) groups is 1. The van der Waals surface area contributed by atoms with Crippen molar-refractivity contribution >= 4 is 5.91 Å². The SMILES string of the molecule is CCOCC(C)N1C(=O)C2(CC2)NC1C1CCCC1. The molecular formula is C15H26N2O2. The van der Waals surface area contributed by atoms with Crippen LogP contribution in [0.1, 0.15) is 52.4 Å².